The van der Waals surface area contributed by atoms with Crippen LogP contribution in [0.5, 0.6) is 0 Å². The number of carbonyl (C=O) groups excluding carboxylic acids is 1. The quantitative estimate of drug-likeness (QED) is 0.824. The molecule has 1 amide bonds. The van der Waals surface area contributed by atoms with Gasteiger partial charge in [-0.25, -0.2) is 4.39 Å². The molecular formula is C13H9Cl2FN2O. The number of carbonyl (C=O) groups is 1. The van der Waals surface area contributed by atoms with Gasteiger partial charge in [-0.2, -0.15) is 0 Å². The Balaban J connectivity index is 2.31. The minimum absolute atomic E-state index is 0.119. The highest BCUT2D eigenvalue weighted by molar-refractivity contribution is 6.31. The van der Waals surface area contributed by atoms with Crippen molar-refractivity contribution in [3.8, 4) is 0 Å². The van der Waals surface area contributed by atoms with Gasteiger partial charge in [-0.1, -0.05) is 29.3 Å². The fourth-order valence-corrected chi connectivity index (χ4v) is 1.85. The molecule has 3 nitrogen and oxygen atoms in total. The Morgan fingerprint density at radius 3 is 2.68 bits per heavy atom. The van der Waals surface area contributed by atoms with Gasteiger partial charge in [-0.15, -0.1) is 0 Å². The molecule has 0 atom stereocenters. The molecule has 0 spiro atoms. The lowest BCUT2D eigenvalue weighted by molar-refractivity contribution is 0.102. The summed E-state index contributed by atoms with van der Waals surface area (Å²) in [6.45, 7) is 0. The van der Waals surface area contributed by atoms with E-state index in [-0.39, 0.29) is 10.6 Å². The van der Waals surface area contributed by atoms with Crippen molar-refractivity contribution in [2.75, 3.05) is 11.1 Å². The molecule has 0 aliphatic carbocycles. The molecule has 0 aromatic heterocycles. The molecular weight excluding hydrogens is 290 g/mol. The zero-order chi connectivity index (χ0) is 14.0. The fourth-order valence-electron chi connectivity index (χ4n) is 1.51. The van der Waals surface area contributed by atoms with Crippen LogP contribution in [-0.4, -0.2) is 5.91 Å². The molecule has 0 heterocycles. The molecule has 0 saturated carbocycles. The summed E-state index contributed by atoms with van der Waals surface area (Å²) in [4.78, 5) is 11.9. The van der Waals surface area contributed by atoms with E-state index in [4.69, 9.17) is 28.9 Å². The van der Waals surface area contributed by atoms with Gasteiger partial charge in [0, 0.05) is 5.02 Å². The number of benzene rings is 2. The summed E-state index contributed by atoms with van der Waals surface area (Å²) in [6, 6.07) is 8.80. The lowest BCUT2D eigenvalue weighted by Gasteiger charge is -2.09. The Morgan fingerprint density at radius 2 is 1.95 bits per heavy atom. The van der Waals surface area contributed by atoms with Gasteiger partial charge < -0.3 is 11.1 Å². The number of halogens is 3. The smallest absolute Gasteiger partial charge is 0.258 e. The predicted octanol–water partition coefficient (Wildman–Crippen LogP) is 3.97. The van der Waals surface area contributed by atoms with Gasteiger partial charge in [-0.3, -0.25) is 4.79 Å². The van der Waals surface area contributed by atoms with E-state index in [1.165, 1.54) is 24.3 Å². The number of amides is 1. The largest absolute Gasteiger partial charge is 0.397 e. The third-order valence-electron chi connectivity index (χ3n) is 2.46. The average Bonchev–Trinajstić information content (AvgIpc) is 2.37. The highest BCUT2D eigenvalue weighted by atomic mass is 35.5. The van der Waals surface area contributed by atoms with E-state index in [0.29, 0.717) is 16.4 Å². The van der Waals surface area contributed by atoms with Crippen molar-refractivity contribution in [3.63, 3.8) is 0 Å². The van der Waals surface area contributed by atoms with Gasteiger partial charge in [0.25, 0.3) is 5.91 Å². The molecule has 0 aliphatic heterocycles. The van der Waals surface area contributed by atoms with Crippen LogP contribution in [0.3, 0.4) is 0 Å². The molecule has 0 aliphatic rings. The highest BCUT2D eigenvalue weighted by Crippen LogP contribution is 2.24. The fraction of sp³-hybridized carbons (Fsp3) is 0. The summed E-state index contributed by atoms with van der Waals surface area (Å²) >= 11 is 11.4. The first kappa shape index (κ1) is 13.6. The molecule has 0 fully saturated rings. The number of hydrogen-bond donors (Lipinski definition) is 2. The Hall–Kier alpha value is -1.78. The second-order valence-electron chi connectivity index (χ2n) is 3.79. The van der Waals surface area contributed by atoms with Crippen LogP contribution in [0.2, 0.25) is 10.0 Å². The Bertz CT molecular complexity index is 647. The van der Waals surface area contributed by atoms with Crippen LogP contribution in [-0.2, 0) is 0 Å². The first-order chi connectivity index (χ1) is 8.99. The van der Waals surface area contributed by atoms with Gasteiger partial charge in [-0.05, 0) is 30.3 Å². The maximum atomic E-state index is 13.7. The van der Waals surface area contributed by atoms with Crippen molar-refractivity contribution in [2.45, 2.75) is 0 Å². The van der Waals surface area contributed by atoms with E-state index in [2.05, 4.69) is 5.32 Å². The molecule has 0 saturated heterocycles. The first-order valence-corrected chi connectivity index (χ1v) is 6.05. The maximum Gasteiger partial charge on any atom is 0.258 e. The van der Waals surface area contributed by atoms with Crippen LogP contribution in [0.4, 0.5) is 15.8 Å². The molecule has 0 radical (unpaired) electrons. The third-order valence-corrected chi connectivity index (χ3v) is 2.99. The van der Waals surface area contributed by atoms with Crippen LogP contribution in [0.25, 0.3) is 0 Å². The van der Waals surface area contributed by atoms with Crippen molar-refractivity contribution in [1.29, 1.82) is 0 Å². The van der Waals surface area contributed by atoms with Crippen molar-refractivity contribution in [1.82, 2.24) is 0 Å². The zero-order valence-corrected chi connectivity index (χ0v) is 11.1. The Labute approximate surface area is 119 Å². The summed E-state index contributed by atoms with van der Waals surface area (Å²) in [5, 5.41) is 2.78. The van der Waals surface area contributed by atoms with E-state index in [1.807, 2.05) is 0 Å². The summed E-state index contributed by atoms with van der Waals surface area (Å²) in [5.74, 6) is -1.42. The van der Waals surface area contributed by atoms with Gasteiger partial charge >= 0.3 is 0 Å². The summed E-state index contributed by atoms with van der Waals surface area (Å²) in [6.07, 6.45) is 0. The topological polar surface area (TPSA) is 55.1 Å². The predicted molar refractivity (Wildman–Crippen MR) is 75.2 cm³/mol. The molecule has 98 valence electrons. The van der Waals surface area contributed by atoms with E-state index in [9.17, 15) is 9.18 Å². The van der Waals surface area contributed by atoms with Crippen molar-refractivity contribution in [2.24, 2.45) is 0 Å². The lowest BCUT2D eigenvalue weighted by Crippen LogP contribution is -2.15. The molecule has 3 N–H and O–H groups in total. The average molecular weight is 299 g/mol. The minimum Gasteiger partial charge on any atom is -0.397 e. The SMILES string of the molecule is Nc1ccc(Cl)cc1NC(=O)c1cccc(Cl)c1F. The first-order valence-electron chi connectivity index (χ1n) is 5.29. The summed E-state index contributed by atoms with van der Waals surface area (Å²) in [7, 11) is 0. The molecule has 2 rings (SSSR count). The van der Waals surface area contributed by atoms with Crippen LogP contribution in [0.15, 0.2) is 36.4 Å². The normalized spacial score (nSPS) is 10.3. The number of nitrogen functional groups attached to an aromatic ring is 1. The molecule has 0 bridgehead atoms. The third kappa shape index (κ3) is 2.97. The maximum absolute atomic E-state index is 13.7. The van der Waals surface area contributed by atoms with E-state index < -0.39 is 11.7 Å². The van der Waals surface area contributed by atoms with Crippen LogP contribution < -0.4 is 11.1 Å². The molecule has 2 aromatic rings. The van der Waals surface area contributed by atoms with Gasteiger partial charge in [0.2, 0.25) is 0 Å². The van der Waals surface area contributed by atoms with Crippen molar-refractivity contribution >= 4 is 40.5 Å². The lowest BCUT2D eigenvalue weighted by atomic mass is 10.2. The van der Waals surface area contributed by atoms with Crippen LogP contribution >= 0.6 is 23.2 Å². The number of nitrogens with two attached hydrogens (primary N) is 1. The molecule has 19 heavy (non-hydrogen) atoms. The molecule has 0 unspecified atom stereocenters. The zero-order valence-electron chi connectivity index (χ0n) is 9.58. The number of rotatable bonds is 2. The summed E-state index contributed by atoms with van der Waals surface area (Å²) in [5.41, 5.74) is 6.18. The van der Waals surface area contributed by atoms with Gasteiger partial charge in [0.05, 0.1) is 22.0 Å². The van der Waals surface area contributed by atoms with Crippen LogP contribution in [0, 0.1) is 5.82 Å². The standard InChI is InChI=1S/C13H9Cl2FN2O/c14-7-4-5-10(17)11(6-7)18-13(19)8-2-1-3-9(15)12(8)16/h1-6H,17H2,(H,18,19). The Kier molecular flexibility index (Phi) is 3.93. The van der Waals surface area contributed by atoms with Crippen molar-refractivity contribution in [3.05, 3.63) is 57.8 Å². The molecule has 2 aromatic carbocycles. The van der Waals surface area contributed by atoms with Crippen LogP contribution in [0.1, 0.15) is 10.4 Å². The minimum atomic E-state index is -0.776. The van der Waals surface area contributed by atoms with E-state index >= 15 is 0 Å². The highest BCUT2D eigenvalue weighted by Gasteiger charge is 2.15. The summed E-state index contributed by atoms with van der Waals surface area (Å²) < 4.78 is 13.7. The Morgan fingerprint density at radius 1 is 1.21 bits per heavy atom. The second-order valence-corrected chi connectivity index (χ2v) is 4.63. The van der Waals surface area contributed by atoms with Crippen molar-refractivity contribution < 1.29 is 9.18 Å². The van der Waals surface area contributed by atoms with E-state index in [0.717, 1.165) is 0 Å². The van der Waals surface area contributed by atoms with E-state index in [1.54, 1.807) is 12.1 Å². The van der Waals surface area contributed by atoms with Gasteiger partial charge in [0.1, 0.15) is 0 Å². The monoisotopic (exact) mass is 298 g/mol. The number of hydrogen-bond acceptors (Lipinski definition) is 2. The van der Waals surface area contributed by atoms with Gasteiger partial charge in [0.15, 0.2) is 5.82 Å². The second kappa shape index (κ2) is 5.47. The number of anilines is 2. The number of nitrogens with one attached hydrogen (secondary N) is 1. The molecule has 6 heteroatoms.